The molecule has 2 aromatic rings. The van der Waals surface area contributed by atoms with E-state index in [9.17, 15) is 4.79 Å². The Kier molecular flexibility index (Phi) is 3.79. The quantitative estimate of drug-likeness (QED) is 0.834. The van der Waals surface area contributed by atoms with Crippen molar-refractivity contribution in [1.29, 1.82) is 0 Å². The second-order valence-corrected chi connectivity index (χ2v) is 4.09. The first kappa shape index (κ1) is 12.4. The predicted octanol–water partition coefficient (Wildman–Crippen LogP) is 3.24. The third-order valence-corrected chi connectivity index (χ3v) is 2.61. The number of aromatic amines is 1. The normalized spacial score (nSPS) is 10.8. The maximum Gasteiger partial charge on any atom is 0.249 e. The van der Waals surface area contributed by atoms with Crippen LogP contribution in [-0.2, 0) is 4.79 Å². The summed E-state index contributed by atoms with van der Waals surface area (Å²) in [6.45, 7) is 1.78. The van der Waals surface area contributed by atoms with Crippen LogP contribution in [0.15, 0.2) is 42.6 Å². The largest absolute Gasteiger partial charge is 0.307 e. The highest BCUT2D eigenvalue weighted by atomic mass is 35.5. The lowest BCUT2D eigenvalue weighted by atomic mass is 10.1. The molecule has 0 radical (unpaired) electrons. The zero-order valence-electron chi connectivity index (χ0n) is 9.77. The van der Waals surface area contributed by atoms with Crippen LogP contribution >= 0.6 is 11.6 Å². The van der Waals surface area contributed by atoms with Crippen LogP contribution in [0.4, 0.5) is 5.82 Å². The molecule has 1 amide bonds. The minimum atomic E-state index is -0.197. The van der Waals surface area contributed by atoms with Gasteiger partial charge in [-0.1, -0.05) is 29.8 Å². The number of carbonyl (C=O) groups is 1. The van der Waals surface area contributed by atoms with Gasteiger partial charge in [-0.15, -0.1) is 0 Å². The third-order valence-electron chi connectivity index (χ3n) is 2.36. The SMILES string of the molecule is C/C=C/C(=O)Nc1[nH]ncc1-c1ccc(Cl)cc1. The zero-order valence-corrected chi connectivity index (χ0v) is 10.5. The monoisotopic (exact) mass is 261 g/mol. The van der Waals surface area contributed by atoms with Crippen LogP contribution in [0.5, 0.6) is 0 Å². The van der Waals surface area contributed by atoms with Gasteiger partial charge in [0.2, 0.25) is 5.91 Å². The van der Waals surface area contributed by atoms with E-state index in [1.165, 1.54) is 6.08 Å². The molecule has 0 spiro atoms. The maximum absolute atomic E-state index is 11.5. The topological polar surface area (TPSA) is 57.8 Å². The standard InChI is InChI=1S/C13H12ClN3O/c1-2-3-12(18)16-13-11(8-15-17-13)9-4-6-10(14)7-5-9/h2-8H,1H3,(H2,15,16,17,18)/b3-2+. The van der Waals surface area contributed by atoms with Crippen LogP contribution in [-0.4, -0.2) is 16.1 Å². The summed E-state index contributed by atoms with van der Waals surface area (Å²) >= 11 is 5.84. The Labute approximate surface area is 110 Å². The minimum Gasteiger partial charge on any atom is -0.307 e. The van der Waals surface area contributed by atoms with Gasteiger partial charge in [0.15, 0.2) is 0 Å². The highest BCUT2D eigenvalue weighted by Gasteiger charge is 2.09. The molecule has 4 nitrogen and oxygen atoms in total. The van der Waals surface area contributed by atoms with Crippen LogP contribution in [0.2, 0.25) is 5.02 Å². The number of aromatic nitrogens is 2. The second-order valence-electron chi connectivity index (χ2n) is 3.65. The average molecular weight is 262 g/mol. The number of halogens is 1. The molecule has 0 bridgehead atoms. The third kappa shape index (κ3) is 2.78. The lowest BCUT2D eigenvalue weighted by molar-refractivity contribution is -0.111. The fourth-order valence-corrected chi connectivity index (χ4v) is 1.67. The molecule has 0 saturated heterocycles. The van der Waals surface area contributed by atoms with Crippen molar-refractivity contribution in [2.24, 2.45) is 0 Å². The van der Waals surface area contributed by atoms with E-state index >= 15 is 0 Å². The molecule has 92 valence electrons. The van der Waals surface area contributed by atoms with E-state index < -0.39 is 0 Å². The Balaban J connectivity index is 2.27. The Morgan fingerprint density at radius 1 is 1.39 bits per heavy atom. The summed E-state index contributed by atoms with van der Waals surface area (Å²) in [5, 5.41) is 10.1. The molecule has 1 heterocycles. The van der Waals surface area contributed by atoms with Crippen molar-refractivity contribution < 1.29 is 4.79 Å². The molecule has 0 atom stereocenters. The van der Waals surface area contributed by atoms with Crippen LogP contribution in [0.3, 0.4) is 0 Å². The summed E-state index contributed by atoms with van der Waals surface area (Å²) in [7, 11) is 0. The molecule has 1 aromatic carbocycles. The Hall–Kier alpha value is -2.07. The van der Waals surface area contributed by atoms with Gasteiger partial charge in [0, 0.05) is 10.6 Å². The molecule has 2 rings (SSSR count). The lowest BCUT2D eigenvalue weighted by Gasteiger charge is -2.03. The molecule has 0 aliphatic carbocycles. The number of hydrogen-bond donors (Lipinski definition) is 2. The Bertz CT molecular complexity index is 572. The van der Waals surface area contributed by atoms with Crippen LogP contribution in [0, 0.1) is 0 Å². The first-order valence-electron chi connectivity index (χ1n) is 5.43. The van der Waals surface area contributed by atoms with E-state index in [4.69, 9.17) is 11.6 Å². The first-order valence-corrected chi connectivity index (χ1v) is 5.81. The smallest absolute Gasteiger partial charge is 0.249 e. The molecule has 1 aromatic heterocycles. The van der Waals surface area contributed by atoms with Gasteiger partial charge in [-0.05, 0) is 30.7 Å². The van der Waals surface area contributed by atoms with Gasteiger partial charge in [0.1, 0.15) is 5.82 Å². The molecule has 0 aliphatic rings. The van der Waals surface area contributed by atoms with Crippen molar-refractivity contribution in [3.63, 3.8) is 0 Å². The highest BCUT2D eigenvalue weighted by Crippen LogP contribution is 2.26. The summed E-state index contributed by atoms with van der Waals surface area (Å²) in [6, 6.07) is 7.33. The minimum absolute atomic E-state index is 0.197. The van der Waals surface area contributed by atoms with E-state index in [1.807, 2.05) is 12.1 Å². The van der Waals surface area contributed by atoms with Crippen LogP contribution < -0.4 is 5.32 Å². The van der Waals surface area contributed by atoms with Gasteiger partial charge in [-0.3, -0.25) is 9.89 Å². The number of rotatable bonds is 3. The summed E-state index contributed by atoms with van der Waals surface area (Å²) in [4.78, 5) is 11.5. The molecule has 18 heavy (non-hydrogen) atoms. The summed E-state index contributed by atoms with van der Waals surface area (Å²) in [5.41, 5.74) is 1.76. The van der Waals surface area contributed by atoms with E-state index in [-0.39, 0.29) is 5.91 Å². The highest BCUT2D eigenvalue weighted by molar-refractivity contribution is 6.30. The number of carbonyl (C=O) groups excluding carboxylic acids is 1. The van der Waals surface area contributed by atoms with Gasteiger partial charge in [-0.25, -0.2) is 0 Å². The summed E-state index contributed by atoms with van der Waals surface area (Å²) in [5.74, 6) is 0.373. The first-order chi connectivity index (χ1) is 8.70. The van der Waals surface area contributed by atoms with Crippen LogP contribution in [0.25, 0.3) is 11.1 Å². The van der Waals surface area contributed by atoms with E-state index in [0.29, 0.717) is 10.8 Å². The van der Waals surface area contributed by atoms with Crippen molar-refractivity contribution in [3.8, 4) is 11.1 Å². The summed E-state index contributed by atoms with van der Waals surface area (Å²) < 4.78 is 0. The molecule has 0 saturated carbocycles. The van der Waals surface area contributed by atoms with Crippen molar-refractivity contribution >= 4 is 23.3 Å². The van der Waals surface area contributed by atoms with E-state index in [1.54, 1.807) is 31.3 Å². The Morgan fingerprint density at radius 2 is 2.11 bits per heavy atom. The number of nitrogens with zero attached hydrogens (tertiary/aromatic N) is 1. The number of nitrogens with one attached hydrogen (secondary N) is 2. The van der Waals surface area contributed by atoms with E-state index in [0.717, 1.165) is 11.1 Å². The number of anilines is 1. The van der Waals surface area contributed by atoms with Crippen molar-refractivity contribution in [2.75, 3.05) is 5.32 Å². The van der Waals surface area contributed by atoms with Gasteiger partial charge in [0.25, 0.3) is 0 Å². The number of amides is 1. The van der Waals surface area contributed by atoms with Crippen molar-refractivity contribution in [1.82, 2.24) is 10.2 Å². The van der Waals surface area contributed by atoms with Gasteiger partial charge >= 0.3 is 0 Å². The predicted molar refractivity (Wildman–Crippen MR) is 72.5 cm³/mol. The van der Waals surface area contributed by atoms with Crippen LogP contribution in [0.1, 0.15) is 6.92 Å². The number of benzene rings is 1. The molecular formula is C13H12ClN3O. The van der Waals surface area contributed by atoms with Gasteiger partial charge in [-0.2, -0.15) is 5.10 Å². The number of hydrogen-bond acceptors (Lipinski definition) is 2. The average Bonchev–Trinajstić information content (AvgIpc) is 2.78. The fourth-order valence-electron chi connectivity index (χ4n) is 1.55. The molecular weight excluding hydrogens is 250 g/mol. The Morgan fingerprint density at radius 3 is 2.78 bits per heavy atom. The van der Waals surface area contributed by atoms with Crippen molar-refractivity contribution in [2.45, 2.75) is 6.92 Å². The van der Waals surface area contributed by atoms with Gasteiger partial charge in [0.05, 0.1) is 6.20 Å². The fraction of sp³-hybridized carbons (Fsp3) is 0.0769. The molecule has 0 unspecified atom stereocenters. The van der Waals surface area contributed by atoms with Crippen molar-refractivity contribution in [3.05, 3.63) is 47.6 Å². The molecule has 0 aliphatic heterocycles. The number of allylic oxidation sites excluding steroid dienone is 1. The molecule has 0 fully saturated rings. The summed E-state index contributed by atoms with van der Waals surface area (Å²) in [6.07, 6.45) is 4.79. The molecule has 2 N–H and O–H groups in total. The van der Waals surface area contributed by atoms with E-state index in [2.05, 4.69) is 15.5 Å². The van der Waals surface area contributed by atoms with Gasteiger partial charge < -0.3 is 5.32 Å². The lowest BCUT2D eigenvalue weighted by Crippen LogP contribution is -2.08. The zero-order chi connectivity index (χ0) is 13.0. The maximum atomic E-state index is 11.5. The number of H-pyrrole nitrogens is 1. The second kappa shape index (κ2) is 5.51. The molecule has 5 heteroatoms.